The summed E-state index contributed by atoms with van der Waals surface area (Å²) in [6.07, 6.45) is 8.02. The van der Waals surface area contributed by atoms with Crippen molar-refractivity contribution in [3.8, 4) is 33.4 Å². The van der Waals surface area contributed by atoms with Crippen LogP contribution in [0.25, 0.3) is 79.8 Å². The van der Waals surface area contributed by atoms with Gasteiger partial charge in [0, 0.05) is 38.8 Å². The first-order valence-electron chi connectivity index (χ1n) is 14.7. The number of rotatable bonds is 4. The van der Waals surface area contributed by atoms with Gasteiger partial charge in [0.05, 0.1) is 27.7 Å². The summed E-state index contributed by atoms with van der Waals surface area (Å²) < 4.78 is 33.3. The fourth-order valence-electron chi connectivity index (χ4n) is 6.05. The number of nitrogens with one attached hydrogen (secondary N) is 2. The molecule has 0 unspecified atom stereocenters. The molecular formula is C38H26N4O3S. The molecule has 0 aliphatic carbocycles. The van der Waals surface area contributed by atoms with E-state index >= 15 is 0 Å². The maximum absolute atomic E-state index is 11.8. The molecule has 8 bridgehead atoms. The molecule has 3 aromatic carbocycles. The number of aromatic amines is 2. The predicted octanol–water partition coefficient (Wildman–Crippen LogP) is 8.90. The lowest BCUT2D eigenvalue weighted by atomic mass is 10.0. The van der Waals surface area contributed by atoms with Crippen molar-refractivity contribution < 1.29 is 13.0 Å². The summed E-state index contributed by atoms with van der Waals surface area (Å²) in [6, 6.07) is 36.6. The molecule has 0 amide bonds. The Hall–Kier alpha value is -5.83. The number of hydrogen-bond acceptors (Lipinski definition) is 4. The largest absolute Gasteiger partial charge is 0.355 e. The molecule has 2 aliphatic heterocycles. The molecule has 2 aliphatic rings. The van der Waals surface area contributed by atoms with Gasteiger partial charge in [-0.25, -0.2) is 9.97 Å². The first kappa shape index (κ1) is 27.7. The lowest BCUT2D eigenvalue weighted by Gasteiger charge is -2.06. The van der Waals surface area contributed by atoms with E-state index in [2.05, 4.69) is 40.3 Å². The van der Waals surface area contributed by atoms with Crippen LogP contribution in [-0.4, -0.2) is 32.9 Å². The molecule has 0 saturated carbocycles. The van der Waals surface area contributed by atoms with Gasteiger partial charge in [-0.2, -0.15) is 8.42 Å². The highest BCUT2D eigenvalue weighted by Gasteiger charge is 2.17. The van der Waals surface area contributed by atoms with Gasteiger partial charge < -0.3 is 9.97 Å². The second-order valence-corrected chi connectivity index (χ2v) is 12.5. The molecule has 5 heterocycles. The van der Waals surface area contributed by atoms with E-state index in [9.17, 15) is 13.0 Å². The molecule has 7 nitrogen and oxygen atoms in total. The molecular weight excluding hydrogens is 593 g/mol. The fourth-order valence-corrected chi connectivity index (χ4v) is 6.53. The van der Waals surface area contributed by atoms with E-state index in [4.69, 9.17) is 9.97 Å². The van der Waals surface area contributed by atoms with Crippen LogP contribution in [0.2, 0.25) is 0 Å². The topological polar surface area (TPSA) is 112 Å². The highest BCUT2D eigenvalue weighted by molar-refractivity contribution is 7.85. The minimum Gasteiger partial charge on any atom is -0.355 e. The minimum atomic E-state index is -4.35. The molecule has 3 N–H and O–H groups in total. The summed E-state index contributed by atoms with van der Waals surface area (Å²) in [4.78, 5) is 17.2. The van der Waals surface area contributed by atoms with Crippen molar-refractivity contribution in [2.45, 2.75) is 4.90 Å². The summed E-state index contributed by atoms with van der Waals surface area (Å²) in [7, 11) is -4.35. The molecule has 46 heavy (non-hydrogen) atoms. The molecule has 6 aromatic rings. The lowest BCUT2D eigenvalue weighted by Crippen LogP contribution is -1.97. The van der Waals surface area contributed by atoms with E-state index in [1.54, 1.807) is 12.1 Å². The Balaban J connectivity index is 1.52. The number of hydrogen-bond donors (Lipinski definition) is 3. The van der Waals surface area contributed by atoms with Crippen molar-refractivity contribution in [1.29, 1.82) is 0 Å². The third-order valence-electron chi connectivity index (χ3n) is 8.14. The van der Waals surface area contributed by atoms with Gasteiger partial charge in [-0.3, -0.25) is 4.55 Å². The average molecular weight is 619 g/mol. The number of aromatic nitrogens is 4. The normalized spacial score (nSPS) is 12.5. The van der Waals surface area contributed by atoms with Crippen LogP contribution in [0, 0.1) is 0 Å². The number of H-pyrrole nitrogens is 2. The van der Waals surface area contributed by atoms with Gasteiger partial charge in [0.15, 0.2) is 0 Å². The second-order valence-electron chi connectivity index (χ2n) is 11.1. The van der Waals surface area contributed by atoms with Gasteiger partial charge in [-0.15, -0.1) is 0 Å². The lowest BCUT2D eigenvalue weighted by molar-refractivity contribution is 0.483. The first-order chi connectivity index (χ1) is 22.4. The van der Waals surface area contributed by atoms with Crippen molar-refractivity contribution in [2.75, 3.05) is 0 Å². The maximum atomic E-state index is 11.8. The summed E-state index contributed by atoms with van der Waals surface area (Å²) in [6.45, 7) is 0. The van der Waals surface area contributed by atoms with E-state index in [0.717, 1.165) is 72.5 Å². The zero-order valence-electron chi connectivity index (χ0n) is 24.3. The van der Waals surface area contributed by atoms with Crippen LogP contribution in [0.4, 0.5) is 0 Å². The molecule has 8 heteroatoms. The molecule has 0 atom stereocenters. The van der Waals surface area contributed by atoms with Crippen molar-refractivity contribution in [2.24, 2.45) is 0 Å². The third-order valence-corrected chi connectivity index (χ3v) is 9.01. The van der Waals surface area contributed by atoms with Crippen molar-refractivity contribution in [3.63, 3.8) is 0 Å². The first-order valence-corrected chi connectivity index (χ1v) is 16.2. The maximum Gasteiger partial charge on any atom is 0.294 e. The zero-order chi connectivity index (χ0) is 31.3. The second kappa shape index (κ2) is 11.0. The van der Waals surface area contributed by atoms with Crippen molar-refractivity contribution >= 4 is 56.5 Å². The van der Waals surface area contributed by atoms with Crippen LogP contribution >= 0.6 is 0 Å². The Morgan fingerprint density at radius 2 is 0.978 bits per heavy atom. The summed E-state index contributed by atoms with van der Waals surface area (Å²) in [5.74, 6) is 0. The monoisotopic (exact) mass is 618 g/mol. The Bertz CT molecular complexity index is 2440. The fraction of sp³-hybridized carbons (Fsp3) is 0. The van der Waals surface area contributed by atoms with E-state index in [1.165, 1.54) is 12.1 Å². The van der Waals surface area contributed by atoms with Crippen molar-refractivity contribution in [1.82, 2.24) is 19.9 Å². The van der Waals surface area contributed by atoms with Gasteiger partial charge in [0.1, 0.15) is 0 Å². The number of benzene rings is 3. The van der Waals surface area contributed by atoms with Crippen LogP contribution in [0.15, 0.2) is 120 Å². The minimum absolute atomic E-state index is 0.176. The van der Waals surface area contributed by atoms with E-state index < -0.39 is 10.1 Å². The van der Waals surface area contributed by atoms with Gasteiger partial charge in [-0.1, -0.05) is 72.8 Å². The molecule has 222 valence electrons. The van der Waals surface area contributed by atoms with Crippen LogP contribution in [0.5, 0.6) is 0 Å². The summed E-state index contributed by atoms with van der Waals surface area (Å²) in [5.41, 5.74) is 12.1. The summed E-state index contributed by atoms with van der Waals surface area (Å²) >= 11 is 0. The standard InChI is InChI=1S/C38H26N4O3S/c43-46(44,45)29-15-11-26(12-16-29)38-34-21-19-32(41-34)36(24-7-3-1-4-8-24)30-17-13-27(39-30)23-28-14-18-31(40-28)37(25-9-5-2-6-10-25)33-20-22-35(38)42-33/h1-23,39,42H,(H,43,44,45). The third kappa shape index (κ3) is 5.05. The number of fused-ring (bicyclic) bond motifs is 8. The predicted molar refractivity (Wildman–Crippen MR) is 185 cm³/mol. The Labute approximate surface area is 265 Å². The van der Waals surface area contributed by atoms with Crippen molar-refractivity contribution in [3.05, 3.63) is 138 Å². The quantitative estimate of drug-likeness (QED) is 0.171. The SMILES string of the molecule is O=S(=O)(O)c1ccc(-c2c3nc(c(-c4ccccc4)c4ccc(cc5nc(c(-c6ccccc6)c6ccc2[nH]6)C=C5)[nH]4)C=C3)cc1. The highest BCUT2D eigenvalue weighted by Crippen LogP contribution is 2.36. The average Bonchev–Trinajstić information content (AvgIpc) is 3.89. The van der Waals surface area contributed by atoms with Crippen LogP contribution in [0.3, 0.4) is 0 Å². The van der Waals surface area contributed by atoms with Gasteiger partial charge in [0.2, 0.25) is 0 Å². The van der Waals surface area contributed by atoms with E-state index in [1.807, 2.05) is 85.0 Å². The Morgan fingerprint density at radius 1 is 0.500 bits per heavy atom. The highest BCUT2D eigenvalue weighted by atomic mass is 32.2. The molecule has 3 aromatic heterocycles. The zero-order valence-corrected chi connectivity index (χ0v) is 25.2. The van der Waals surface area contributed by atoms with Gasteiger partial charge in [0.25, 0.3) is 10.1 Å². The Morgan fingerprint density at radius 3 is 1.54 bits per heavy atom. The number of nitrogens with zero attached hydrogens (tertiary/aromatic N) is 2. The van der Waals surface area contributed by atoms with Crippen LogP contribution < -0.4 is 0 Å². The van der Waals surface area contributed by atoms with E-state index in [0.29, 0.717) is 5.69 Å². The molecule has 0 saturated heterocycles. The van der Waals surface area contributed by atoms with E-state index in [-0.39, 0.29) is 4.90 Å². The molecule has 0 radical (unpaired) electrons. The smallest absolute Gasteiger partial charge is 0.294 e. The van der Waals surface area contributed by atoms with Crippen LogP contribution in [0.1, 0.15) is 22.8 Å². The van der Waals surface area contributed by atoms with Gasteiger partial charge in [-0.05, 0) is 83.5 Å². The molecule has 8 rings (SSSR count). The molecule has 0 spiro atoms. The molecule has 0 fully saturated rings. The summed E-state index contributed by atoms with van der Waals surface area (Å²) in [5, 5.41) is 0. The Kier molecular flexibility index (Phi) is 6.60. The van der Waals surface area contributed by atoms with Crippen LogP contribution in [-0.2, 0) is 10.1 Å². The van der Waals surface area contributed by atoms with Gasteiger partial charge >= 0.3 is 0 Å².